The molecular formula is C13H23N5O. The molecule has 6 heteroatoms. The van der Waals surface area contributed by atoms with Crippen LogP contribution in [0.1, 0.15) is 26.7 Å². The summed E-state index contributed by atoms with van der Waals surface area (Å²) in [7, 11) is 0. The average Bonchev–Trinajstić information content (AvgIpc) is 2.91. The zero-order valence-electron chi connectivity index (χ0n) is 11.8. The first-order valence-corrected chi connectivity index (χ1v) is 6.99. The number of likely N-dealkylation sites (tertiary alicyclic amines) is 1. The molecule has 6 nitrogen and oxygen atoms in total. The van der Waals surface area contributed by atoms with Crippen molar-refractivity contribution < 1.29 is 4.79 Å². The summed E-state index contributed by atoms with van der Waals surface area (Å²) in [5.74, 6) is 0.158. The van der Waals surface area contributed by atoms with Gasteiger partial charge in [-0.15, -0.1) is 5.10 Å². The Kier molecular flexibility index (Phi) is 4.52. The molecule has 0 spiro atoms. The normalized spacial score (nSPS) is 24.3. The number of aromatic nitrogens is 3. The van der Waals surface area contributed by atoms with Crippen LogP contribution in [0.15, 0.2) is 12.4 Å². The molecule has 1 amide bonds. The lowest BCUT2D eigenvalue weighted by Gasteiger charge is -2.38. The lowest BCUT2D eigenvalue weighted by molar-refractivity contribution is -0.133. The predicted molar refractivity (Wildman–Crippen MR) is 72.5 cm³/mol. The highest BCUT2D eigenvalue weighted by molar-refractivity contribution is 5.82. The van der Waals surface area contributed by atoms with Gasteiger partial charge in [-0.3, -0.25) is 9.48 Å². The molecule has 0 unspecified atom stereocenters. The Bertz CT molecular complexity index is 405. The fraction of sp³-hybridized carbons (Fsp3) is 0.769. The number of hydrogen-bond donors (Lipinski definition) is 1. The summed E-state index contributed by atoms with van der Waals surface area (Å²) >= 11 is 0. The minimum Gasteiger partial charge on any atom is -0.354 e. The summed E-state index contributed by atoms with van der Waals surface area (Å²) in [6, 6.07) is 0. The van der Waals surface area contributed by atoms with E-state index in [1.165, 1.54) is 0 Å². The van der Waals surface area contributed by atoms with Gasteiger partial charge in [0.1, 0.15) is 0 Å². The van der Waals surface area contributed by atoms with Crippen molar-refractivity contribution >= 4 is 5.91 Å². The van der Waals surface area contributed by atoms with E-state index < -0.39 is 0 Å². The lowest BCUT2D eigenvalue weighted by atomic mass is 9.81. The van der Waals surface area contributed by atoms with Crippen molar-refractivity contribution in [3.8, 4) is 0 Å². The van der Waals surface area contributed by atoms with Gasteiger partial charge >= 0.3 is 0 Å². The summed E-state index contributed by atoms with van der Waals surface area (Å²) in [6.07, 6.45) is 5.51. The van der Waals surface area contributed by atoms with Crippen LogP contribution in [0.5, 0.6) is 0 Å². The van der Waals surface area contributed by atoms with Crippen LogP contribution >= 0.6 is 0 Å². The molecule has 0 bridgehead atoms. The molecule has 2 rings (SSSR count). The van der Waals surface area contributed by atoms with Crippen LogP contribution in [0, 0.1) is 5.41 Å². The highest BCUT2D eigenvalue weighted by Gasteiger charge is 2.36. The van der Waals surface area contributed by atoms with Gasteiger partial charge in [0.2, 0.25) is 5.91 Å². The number of nitrogens with one attached hydrogen (secondary N) is 1. The van der Waals surface area contributed by atoms with Gasteiger partial charge in [-0.1, -0.05) is 12.1 Å². The molecule has 1 saturated heterocycles. The topological polar surface area (TPSA) is 63.1 Å². The van der Waals surface area contributed by atoms with Crippen molar-refractivity contribution in [2.45, 2.75) is 33.2 Å². The molecular weight excluding hydrogens is 242 g/mol. The third kappa shape index (κ3) is 3.53. The Balaban J connectivity index is 1.81. The van der Waals surface area contributed by atoms with Gasteiger partial charge in [-0.2, -0.15) is 0 Å². The van der Waals surface area contributed by atoms with Crippen LogP contribution in [0.2, 0.25) is 0 Å². The quantitative estimate of drug-likeness (QED) is 0.843. The van der Waals surface area contributed by atoms with Crippen molar-refractivity contribution in [2.75, 3.05) is 26.2 Å². The van der Waals surface area contributed by atoms with E-state index in [1.807, 2.05) is 0 Å². The molecule has 1 aromatic rings. The summed E-state index contributed by atoms with van der Waals surface area (Å²) in [5, 5.41) is 10.6. The molecule has 1 aromatic heterocycles. The van der Waals surface area contributed by atoms with Gasteiger partial charge in [0, 0.05) is 19.3 Å². The number of hydrogen-bond acceptors (Lipinski definition) is 4. The summed E-state index contributed by atoms with van der Waals surface area (Å²) in [4.78, 5) is 14.7. The van der Waals surface area contributed by atoms with Crippen LogP contribution in [-0.4, -0.2) is 52.0 Å². The number of amides is 1. The smallest absolute Gasteiger partial charge is 0.227 e. The maximum absolute atomic E-state index is 12.3. The first-order valence-electron chi connectivity index (χ1n) is 6.99. The molecule has 0 radical (unpaired) electrons. The molecule has 2 heterocycles. The zero-order valence-corrected chi connectivity index (χ0v) is 11.8. The Morgan fingerprint density at radius 2 is 2.37 bits per heavy atom. The molecule has 0 saturated carbocycles. The van der Waals surface area contributed by atoms with Gasteiger partial charge in [0.05, 0.1) is 18.2 Å². The first-order chi connectivity index (χ1) is 9.14. The second-order valence-corrected chi connectivity index (χ2v) is 5.46. The van der Waals surface area contributed by atoms with Crippen molar-refractivity contribution in [3.63, 3.8) is 0 Å². The Morgan fingerprint density at radius 3 is 3.05 bits per heavy atom. The standard InChI is InChI=1S/C13H23N5O/c1-3-17-8-4-5-13(2,11-17)12(19)14-6-9-18-10-7-15-16-18/h7,10H,3-6,8-9,11H2,1-2H3,(H,14,19)/t13-/m1/s1. The van der Waals surface area contributed by atoms with Crippen molar-refractivity contribution in [1.82, 2.24) is 25.2 Å². The summed E-state index contributed by atoms with van der Waals surface area (Å²) < 4.78 is 1.72. The first kappa shape index (κ1) is 14.0. The van der Waals surface area contributed by atoms with E-state index in [-0.39, 0.29) is 11.3 Å². The van der Waals surface area contributed by atoms with Crippen molar-refractivity contribution in [3.05, 3.63) is 12.4 Å². The van der Waals surface area contributed by atoms with Crippen LogP contribution in [0.25, 0.3) is 0 Å². The zero-order chi connectivity index (χ0) is 13.7. The van der Waals surface area contributed by atoms with Crippen LogP contribution in [-0.2, 0) is 11.3 Å². The minimum atomic E-state index is -0.253. The predicted octanol–water partition coefficient (Wildman–Crippen LogP) is 0.516. The molecule has 1 aliphatic rings. The molecule has 106 valence electrons. The van der Waals surface area contributed by atoms with E-state index in [9.17, 15) is 4.79 Å². The number of carbonyl (C=O) groups excluding carboxylic acids is 1. The maximum atomic E-state index is 12.3. The Morgan fingerprint density at radius 1 is 1.53 bits per heavy atom. The molecule has 1 aliphatic heterocycles. The monoisotopic (exact) mass is 265 g/mol. The van der Waals surface area contributed by atoms with E-state index in [4.69, 9.17) is 0 Å². The van der Waals surface area contributed by atoms with Gasteiger partial charge < -0.3 is 10.2 Å². The van der Waals surface area contributed by atoms with Crippen LogP contribution in [0.3, 0.4) is 0 Å². The lowest BCUT2D eigenvalue weighted by Crippen LogP contribution is -2.50. The number of carbonyl (C=O) groups is 1. The molecule has 1 fully saturated rings. The molecule has 19 heavy (non-hydrogen) atoms. The van der Waals surface area contributed by atoms with Gasteiger partial charge in [-0.05, 0) is 32.9 Å². The van der Waals surface area contributed by atoms with Gasteiger partial charge in [0.15, 0.2) is 0 Å². The van der Waals surface area contributed by atoms with E-state index in [1.54, 1.807) is 17.1 Å². The van der Waals surface area contributed by atoms with E-state index in [0.29, 0.717) is 13.1 Å². The second kappa shape index (κ2) is 6.14. The fourth-order valence-electron chi connectivity index (χ4n) is 2.65. The van der Waals surface area contributed by atoms with Crippen molar-refractivity contribution in [1.29, 1.82) is 0 Å². The maximum Gasteiger partial charge on any atom is 0.227 e. The third-order valence-electron chi connectivity index (χ3n) is 3.87. The fourth-order valence-corrected chi connectivity index (χ4v) is 2.65. The van der Waals surface area contributed by atoms with Gasteiger partial charge in [0.25, 0.3) is 0 Å². The van der Waals surface area contributed by atoms with Crippen LogP contribution in [0.4, 0.5) is 0 Å². The number of rotatable bonds is 5. The van der Waals surface area contributed by atoms with E-state index in [2.05, 4.69) is 34.4 Å². The number of piperidine rings is 1. The molecule has 0 aliphatic carbocycles. The molecule has 1 atom stereocenters. The highest BCUT2D eigenvalue weighted by Crippen LogP contribution is 2.29. The van der Waals surface area contributed by atoms with E-state index in [0.717, 1.165) is 32.5 Å². The summed E-state index contributed by atoms with van der Waals surface area (Å²) in [6.45, 7) is 8.47. The highest BCUT2D eigenvalue weighted by atomic mass is 16.2. The molecule has 1 N–H and O–H groups in total. The largest absolute Gasteiger partial charge is 0.354 e. The van der Waals surface area contributed by atoms with Crippen molar-refractivity contribution in [2.24, 2.45) is 5.41 Å². The van der Waals surface area contributed by atoms with Crippen LogP contribution < -0.4 is 5.32 Å². The average molecular weight is 265 g/mol. The molecule has 0 aromatic carbocycles. The van der Waals surface area contributed by atoms with E-state index >= 15 is 0 Å². The summed E-state index contributed by atoms with van der Waals surface area (Å²) in [5.41, 5.74) is -0.253. The third-order valence-corrected chi connectivity index (χ3v) is 3.87. The Labute approximate surface area is 114 Å². The second-order valence-electron chi connectivity index (χ2n) is 5.46. The minimum absolute atomic E-state index is 0.158. The van der Waals surface area contributed by atoms with Gasteiger partial charge in [-0.25, -0.2) is 0 Å². The SMILES string of the molecule is CCN1CCC[C@@](C)(C(=O)NCCn2ccnn2)C1. The Hall–Kier alpha value is -1.43. The number of nitrogens with zero attached hydrogens (tertiary/aromatic N) is 4.